The minimum atomic E-state index is -3.93. The molecule has 9 heteroatoms. The number of hydrogen-bond acceptors (Lipinski definition) is 5. The van der Waals surface area contributed by atoms with Crippen LogP contribution < -0.4 is 4.74 Å². The van der Waals surface area contributed by atoms with Crippen molar-refractivity contribution in [1.82, 2.24) is 4.31 Å². The number of halogens is 1. The van der Waals surface area contributed by atoms with Gasteiger partial charge < -0.3 is 4.74 Å². The first-order chi connectivity index (χ1) is 12.1. The first kappa shape index (κ1) is 20.2. The molecule has 0 aromatic heterocycles. The Labute approximate surface area is 157 Å². The molecule has 0 bridgehead atoms. The van der Waals surface area contributed by atoms with E-state index in [9.17, 15) is 18.5 Å². The minimum Gasteiger partial charge on any atom is -0.492 e. The fraction of sp³-hybridized carbons (Fsp3) is 0.294. The highest BCUT2D eigenvalue weighted by molar-refractivity contribution is 7.89. The van der Waals surface area contributed by atoms with Crippen molar-refractivity contribution in [2.75, 3.05) is 20.2 Å². The van der Waals surface area contributed by atoms with Gasteiger partial charge in [-0.1, -0.05) is 29.3 Å². The summed E-state index contributed by atoms with van der Waals surface area (Å²) in [7, 11) is -2.55. The van der Waals surface area contributed by atoms with E-state index in [1.165, 1.54) is 20.0 Å². The largest absolute Gasteiger partial charge is 0.492 e. The van der Waals surface area contributed by atoms with Crippen LogP contribution in [0.3, 0.4) is 0 Å². The number of rotatable bonds is 7. The Morgan fingerprint density at radius 3 is 2.38 bits per heavy atom. The fourth-order valence-corrected chi connectivity index (χ4v) is 3.69. The Morgan fingerprint density at radius 1 is 1.19 bits per heavy atom. The molecule has 0 aliphatic rings. The van der Waals surface area contributed by atoms with Crippen LogP contribution in [-0.4, -0.2) is 37.8 Å². The number of sulfonamides is 1. The summed E-state index contributed by atoms with van der Waals surface area (Å²) in [5.41, 5.74) is 0.983. The van der Waals surface area contributed by atoms with E-state index >= 15 is 0 Å². The highest BCUT2D eigenvalue weighted by Gasteiger charge is 2.26. The number of nitro groups is 1. The van der Waals surface area contributed by atoms with E-state index in [0.717, 1.165) is 15.9 Å². The van der Waals surface area contributed by atoms with Gasteiger partial charge in [0.05, 0.1) is 14.8 Å². The zero-order valence-electron chi connectivity index (χ0n) is 14.6. The number of hydrogen-bond donors (Lipinski definition) is 0. The molecule has 0 aliphatic heterocycles. The van der Waals surface area contributed by atoms with Crippen LogP contribution in [-0.2, 0) is 10.0 Å². The summed E-state index contributed by atoms with van der Waals surface area (Å²) in [4.78, 5) is 10.2. The molecule has 7 nitrogen and oxygen atoms in total. The normalized spacial score (nSPS) is 11.6. The SMILES string of the molecule is Cc1ccc(OCCN(C)S(=O)(=O)c2cc(Cl)c(C)c([N+](=O)[O-])c2)cc1. The van der Waals surface area contributed by atoms with Gasteiger partial charge >= 0.3 is 0 Å². The molecule has 0 atom stereocenters. The fourth-order valence-electron chi connectivity index (χ4n) is 2.21. The van der Waals surface area contributed by atoms with E-state index in [4.69, 9.17) is 16.3 Å². The highest BCUT2D eigenvalue weighted by atomic mass is 35.5. The predicted molar refractivity (Wildman–Crippen MR) is 99.3 cm³/mol. The molecule has 0 N–H and O–H groups in total. The molecule has 2 aromatic rings. The van der Waals surface area contributed by atoms with Crippen molar-refractivity contribution < 1.29 is 18.1 Å². The van der Waals surface area contributed by atoms with E-state index in [-0.39, 0.29) is 34.3 Å². The Hall–Kier alpha value is -2.16. The maximum Gasteiger partial charge on any atom is 0.275 e. The molecule has 0 radical (unpaired) electrons. The molecule has 2 rings (SSSR count). The van der Waals surface area contributed by atoms with Gasteiger partial charge in [-0.25, -0.2) is 8.42 Å². The molecule has 0 saturated heterocycles. The van der Waals surface area contributed by atoms with E-state index in [0.29, 0.717) is 5.75 Å². The Balaban J connectivity index is 2.13. The standard InChI is InChI=1S/C17H19ClN2O5S/c1-12-4-6-14(7-5-12)25-9-8-19(3)26(23,24)15-10-16(18)13(2)17(11-15)20(21)22/h4-7,10-11H,8-9H2,1-3H3. The summed E-state index contributed by atoms with van der Waals surface area (Å²) in [6.45, 7) is 3.64. The molecule has 0 aliphatic carbocycles. The lowest BCUT2D eigenvalue weighted by atomic mass is 10.2. The lowest BCUT2D eigenvalue weighted by Crippen LogP contribution is -2.31. The van der Waals surface area contributed by atoms with Crippen LogP contribution in [0, 0.1) is 24.0 Å². The number of likely N-dealkylation sites (N-methyl/N-ethyl adjacent to an activating group) is 1. The summed E-state index contributed by atoms with van der Waals surface area (Å²) in [5.74, 6) is 0.635. The summed E-state index contributed by atoms with van der Waals surface area (Å²) >= 11 is 5.96. The van der Waals surface area contributed by atoms with E-state index in [1.54, 1.807) is 12.1 Å². The Bertz CT molecular complexity index is 913. The van der Waals surface area contributed by atoms with Gasteiger partial charge in [-0.2, -0.15) is 4.31 Å². The van der Waals surface area contributed by atoms with E-state index < -0.39 is 14.9 Å². The molecule has 0 amide bonds. The van der Waals surface area contributed by atoms with Crippen molar-refractivity contribution in [3.05, 3.63) is 62.7 Å². The average Bonchev–Trinajstić information content (AvgIpc) is 2.58. The molecular weight excluding hydrogens is 380 g/mol. The third-order valence-corrected chi connectivity index (χ3v) is 6.12. The van der Waals surface area contributed by atoms with Crippen molar-refractivity contribution in [1.29, 1.82) is 0 Å². The number of nitro benzene ring substituents is 1. The van der Waals surface area contributed by atoms with E-state index in [2.05, 4.69) is 0 Å². The van der Waals surface area contributed by atoms with Crippen LogP contribution in [0.2, 0.25) is 5.02 Å². The lowest BCUT2D eigenvalue weighted by molar-refractivity contribution is -0.385. The Morgan fingerprint density at radius 2 is 1.81 bits per heavy atom. The van der Waals surface area contributed by atoms with Crippen LogP contribution in [0.4, 0.5) is 5.69 Å². The average molecular weight is 399 g/mol. The van der Waals surface area contributed by atoms with Gasteiger partial charge in [-0.15, -0.1) is 0 Å². The van der Waals surface area contributed by atoms with E-state index in [1.807, 2.05) is 19.1 Å². The molecular formula is C17H19ClN2O5S. The van der Waals surface area contributed by atoms with Crippen molar-refractivity contribution in [2.24, 2.45) is 0 Å². The van der Waals surface area contributed by atoms with Crippen molar-refractivity contribution in [3.63, 3.8) is 0 Å². The highest BCUT2D eigenvalue weighted by Crippen LogP contribution is 2.30. The summed E-state index contributed by atoms with van der Waals surface area (Å²) in [6, 6.07) is 9.62. The van der Waals surface area contributed by atoms with Gasteiger partial charge in [0.2, 0.25) is 10.0 Å². The molecule has 2 aromatic carbocycles. The van der Waals surface area contributed by atoms with Crippen LogP contribution >= 0.6 is 11.6 Å². The van der Waals surface area contributed by atoms with Gasteiger partial charge in [0.15, 0.2) is 0 Å². The van der Waals surface area contributed by atoms with Gasteiger partial charge in [-0.05, 0) is 32.0 Å². The maximum absolute atomic E-state index is 12.6. The van der Waals surface area contributed by atoms with Crippen molar-refractivity contribution in [2.45, 2.75) is 18.7 Å². The van der Waals surface area contributed by atoms with Gasteiger partial charge in [0, 0.05) is 25.2 Å². The van der Waals surface area contributed by atoms with Crippen LogP contribution in [0.25, 0.3) is 0 Å². The zero-order chi connectivity index (χ0) is 19.5. The second kappa shape index (κ2) is 8.03. The third-order valence-electron chi connectivity index (χ3n) is 3.89. The van der Waals surface area contributed by atoms with Gasteiger partial charge in [-0.3, -0.25) is 10.1 Å². The van der Waals surface area contributed by atoms with Gasteiger partial charge in [0.25, 0.3) is 5.69 Å². The summed E-state index contributed by atoms with van der Waals surface area (Å²) in [5, 5.41) is 11.1. The molecule has 140 valence electrons. The molecule has 0 saturated carbocycles. The molecule has 0 spiro atoms. The predicted octanol–water partition coefficient (Wildman–Crippen LogP) is 3.56. The molecule has 0 unspecified atom stereocenters. The number of ether oxygens (including phenoxy) is 1. The summed E-state index contributed by atoms with van der Waals surface area (Å²) in [6.07, 6.45) is 0. The number of aryl methyl sites for hydroxylation is 1. The molecule has 0 fully saturated rings. The quantitative estimate of drug-likeness (QED) is 0.525. The summed E-state index contributed by atoms with van der Waals surface area (Å²) < 4.78 is 31.9. The molecule has 26 heavy (non-hydrogen) atoms. The zero-order valence-corrected chi connectivity index (χ0v) is 16.2. The number of benzene rings is 2. The monoisotopic (exact) mass is 398 g/mol. The van der Waals surface area contributed by atoms with Crippen LogP contribution in [0.5, 0.6) is 5.75 Å². The molecule has 0 heterocycles. The smallest absolute Gasteiger partial charge is 0.275 e. The minimum absolute atomic E-state index is 0.0297. The second-order valence-electron chi connectivity index (χ2n) is 5.79. The second-order valence-corrected chi connectivity index (χ2v) is 8.25. The number of nitrogens with zero attached hydrogens (tertiary/aromatic N) is 2. The van der Waals surface area contributed by atoms with Gasteiger partial charge in [0.1, 0.15) is 12.4 Å². The maximum atomic E-state index is 12.6. The van der Waals surface area contributed by atoms with Crippen LogP contribution in [0.15, 0.2) is 41.3 Å². The third kappa shape index (κ3) is 4.51. The first-order valence-electron chi connectivity index (χ1n) is 7.73. The Kier molecular flexibility index (Phi) is 6.22. The topological polar surface area (TPSA) is 89.8 Å². The van der Waals surface area contributed by atoms with Crippen molar-refractivity contribution in [3.8, 4) is 5.75 Å². The lowest BCUT2D eigenvalue weighted by Gasteiger charge is -2.18. The van der Waals surface area contributed by atoms with Crippen LogP contribution in [0.1, 0.15) is 11.1 Å². The van der Waals surface area contributed by atoms with Crippen molar-refractivity contribution >= 4 is 27.3 Å². The first-order valence-corrected chi connectivity index (χ1v) is 9.55.